The number of rotatable bonds is 13. The summed E-state index contributed by atoms with van der Waals surface area (Å²) in [5, 5.41) is 27.9. The molecule has 1 aliphatic carbocycles. The number of fused-ring (bicyclic) bond motifs is 4. The first-order valence-corrected chi connectivity index (χ1v) is 27.5. The van der Waals surface area contributed by atoms with Crippen LogP contribution in [-0.4, -0.2) is 109 Å². The number of aromatic nitrogens is 1. The normalized spacial score (nSPS) is 26.6. The number of ether oxygens (including phenoxy) is 2. The van der Waals surface area contributed by atoms with Crippen molar-refractivity contribution in [1.82, 2.24) is 24.6 Å². The molecule has 9 rings (SSSR count). The lowest BCUT2D eigenvalue weighted by Crippen LogP contribution is -2.67. The monoisotopic (exact) mass is 1010 g/mol. The van der Waals surface area contributed by atoms with Crippen LogP contribution >= 0.6 is 23.4 Å². The summed E-state index contributed by atoms with van der Waals surface area (Å²) in [4.78, 5) is 71.3. The molecule has 0 unspecified atom stereocenters. The third-order valence-electron chi connectivity index (χ3n) is 15.2. The van der Waals surface area contributed by atoms with Crippen molar-refractivity contribution < 1.29 is 38.3 Å². The number of guanidine groups is 1. The highest BCUT2D eigenvalue weighted by Crippen LogP contribution is 2.68. The molecule has 4 aromatic rings. The molecular formula is C50H59ClN8O9SSi. The van der Waals surface area contributed by atoms with Crippen molar-refractivity contribution in [1.29, 1.82) is 0 Å². The zero-order valence-corrected chi connectivity index (χ0v) is 42.7. The van der Waals surface area contributed by atoms with E-state index in [1.54, 1.807) is 52.3 Å². The summed E-state index contributed by atoms with van der Waals surface area (Å²) in [7, 11) is -2.58. The Morgan fingerprint density at radius 1 is 0.914 bits per heavy atom. The fraction of sp³-hybridized carbons (Fsp3) is 0.460. The molecule has 1 saturated heterocycles. The number of nitro groups is 1. The van der Waals surface area contributed by atoms with Gasteiger partial charge in [0.2, 0.25) is 5.96 Å². The molecule has 8 atom stereocenters. The van der Waals surface area contributed by atoms with Crippen LogP contribution in [0.25, 0.3) is 0 Å². The zero-order chi connectivity index (χ0) is 49.9. The number of halogens is 1. The van der Waals surface area contributed by atoms with E-state index in [9.17, 15) is 24.8 Å². The van der Waals surface area contributed by atoms with Gasteiger partial charge in [-0.1, -0.05) is 132 Å². The second-order valence-corrected chi connectivity index (χ2v) is 26.3. The van der Waals surface area contributed by atoms with Crippen LogP contribution in [0.1, 0.15) is 74.9 Å². The number of amides is 3. The van der Waals surface area contributed by atoms with E-state index in [4.69, 9.17) is 35.5 Å². The molecule has 1 aromatic heterocycles. The quantitative estimate of drug-likeness (QED) is 0.0562. The van der Waals surface area contributed by atoms with Crippen molar-refractivity contribution in [2.24, 2.45) is 27.7 Å². The van der Waals surface area contributed by atoms with E-state index in [1.165, 1.54) is 27.6 Å². The summed E-state index contributed by atoms with van der Waals surface area (Å²) in [6.07, 6.45) is -0.818. The Morgan fingerprint density at radius 2 is 1.53 bits per heavy atom. The third kappa shape index (κ3) is 7.79. The molecule has 5 heterocycles. The number of carbonyl (C=O) groups excluding carboxylic acids is 3. The number of thioether (sulfide) groups is 1. The molecule has 4 aliphatic heterocycles. The molecule has 3 aromatic carbocycles. The fourth-order valence-corrected chi connectivity index (χ4v) is 19.2. The summed E-state index contributed by atoms with van der Waals surface area (Å²) in [5.41, 5.74) is -1.02. The minimum Gasteiger partial charge on any atom is -0.444 e. The molecule has 70 heavy (non-hydrogen) atoms. The molecular weight excluding hydrogens is 952 g/mol. The summed E-state index contributed by atoms with van der Waals surface area (Å²) in [6, 6.07) is 28.0. The molecule has 0 radical (unpaired) electrons. The van der Waals surface area contributed by atoms with Crippen LogP contribution in [0.2, 0.25) is 16.6 Å². The molecule has 0 bridgehead atoms. The highest BCUT2D eigenvalue weighted by Gasteiger charge is 2.81. The highest BCUT2D eigenvalue weighted by atomic mass is 35.5. The van der Waals surface area contributed by atoms with E-state index in [2.05, 4.69) is 46.9 Å². The van der Waals surface area contributed by atoms with Gasteiger partial charge < -0.3 is 33.4 Å². The predicted octanol–water partition coefficient (Wildman–Crippen LogP) is 8.95. The molecule has 5 aliphatic rings. The SMILES string of the molecule is CSC1=N[C@@]23[C@@H](N1C(=O)OCc1ccccc1)n1cccc1C(=O)N2C[C@@H]1[C@@H](CO[Si](C(C)C)(C(C)C)C(C)C)[C@H](Cl)[C@@]2(N=C(NC(=O)OCc4ccccc4)N(Cc4ccccc4[N+](=O)[O-])[C@H]2O)[C@H]13. The molecule has 20 heteroatoms. The van der Waals surface area contributed by atoms with Crippen LogP contribution in [0.5, 0.6) is 0 Å². The first kappa shape index (κ1) is 49.3. The molecule has 3 amide bonds. The summed E-state index contributed by atoms with van der Waals surface area (Å²) < 4.78 is 20.9. The van der Waals surface area contributed by atoms with Crippen LogP contribution < -0.4 is 5.32 Å². The van der Waals surface area contributed by atoms with Gasteiger partial charge in [0, 0.05) is 42.8 Å². The van der Waals surface area contributed by atoms with Crippen LogP contribution in [-0.2, 0) is 33.7 Å². The summed E-state index contributed by atoms with van der Waals surface area (Å²) in [5.74, 6) is -2.59. The third-order valence-corrected chi connectivity index (χ3v) is 22.7. The smallest absolute Gasteiger partial charge is 0.418 e. The van der Waals surface area contributed by atoms with E-state index in [1.807, 2.05) is 60.7 Å². The topological polar surface area (TPSA) is 194 Å². The Kier molecular flexibility index (Phi) is 13.5. The van der Waals surface area contributed by atoms with Crippen LogP contribution in [0.4, 0.5) is 15.3 Å². The van der Waals surface area contributed by atoms with Crippen molar-refractivity contribution in [2.75, 3.05) is 19.4 Å². The lowest BCUT2D eigenvalue weighted by molar-refractivity contribution is -0.385. The Hall–Kier alpha value is -5.73. The maximum atomic E-state index is 15.2. The number of aliphatic hydroxyl groups excluding tert-OH is 1. The van der Waals surface area contributed by atoms with Crippen molar-refractivity contribution in [2.45, 2.75) is 107 Å². The van der Waals surface area contributed by atoms with Gasteiger partial charge in [0.15, 0.2) is 31.5 Å². The molecule has 1 saturated carbocycles. The standard InChI is InChI=1S/C50H59ClN8O9SSi/c1-30(2)70(31(3)4,32(5)6)68-29-37-36-26-57-42(60)39-23-16-24-55(39)43-50(57,54-46(69-7)58(43)48(63)67-28-34-19-12-9-13-20-34)40(36)49(41(37)51)44(61)56(25-35-21-14-15-22-38(35)59(64)65)45(53-49)52-47(62)66-27-33-17-10-8-11-18-33/h8-24,30-32,36-37,40-41,43-44,61H,25-29H2,1-7H3,(H,52,53,62)/t36-,37-,40+,41+,43-,44+,49+,50-/m1/s1. The average Bonchev–Trinajstić information content (AvgIpc) is 4.14. The molecule has 2 fully saturated rings. The van der Waals surface area contributed by atoms with Gasteiger partial charge in [-0.3, -0.25) is 20.2 Å². The summed E-state index contributed by atoms with van der Waals surface area (Å²) >= 11 is 9.25. The van der Waals surface area contributed by atoms with Crippen LogP contribution in [0, 0.1) is 27.9 Å². The van der Waals surface area contributed by atoms with Gasteiger partial charge in [-0.2, -0.15) is 0 Å². The number of alkyl carbamates (subject to hydrolysis) is 1. The van der Waals surface area contributed by atoms with Crippen molar-refractivity contribution in [3.63, 3.8) is 0 Å². The lowest BCUT2D eigenvalue weighted by Gasteiger charge is -2.50. The van der Waals surface area contributed by atoms with E-state index in [0.717, 1.165) is 11.1 Å². The highest BCUT2D eigenvalue weighted by molar-refractivity contribution is 8.13. The van der Waals surface area contributed by atoms with Gasteiger partial charge in [0.1, 0.15) is 24.4 Å². The van der Waals surface area contributed by atoms with E-state index in [0.29, 0.717) is 5.69 Å². The van der Waals surface area contributed by atoms with Gasteiger partial charge >= 0.3 is 12.2 Å². The minimum atomic E-state index is -2.58. The van der Waals surface area contributed by atoms with Gasteiger partial charge in [-0.05, 0) is 52.1 Å². The number of aliphatic hydroxyl groups is 1. The number of para-hydroxylation sites is 1. The second-order valence-electron chi connectivity index (χ2n) is 19.6. The number of hydrogen-bond donors (Lipinski definition) is 2. The number of carbonyl (C=O) groups is 3. The predicted molar refractivity (Wildman–Crippen MR) is 268 cm³/mol. The maximum Gasteiger partial charge on any atom is 0.418 e. The van der Waals surface area contributed by atoms with Crippen LogP contribution in [0.3, 0.4) is 0 Å². The number of hydrogen-bond acceptors (Lipinski definition) is 13. The number of nitrogens with one attached hydrogen (secondary N) is 1. The van der Waals surface area contributed by atoms with E-state index >= 15 is 4.79 Å². The molecule has 370 valence electrons. The molecule has 2 spiro atoms. The number of nitro benzene ring substituents is 1. The van der Waals surface area contributed by atoms with Gasteiger partial charge in [-0.25, -0.2) is 24.5 Å². The zero-order valence-electron chi connectivity index (χ0n) is 40.2. The lowest BCUT2D eigenvalue weighted by atomic mass is 9.74. The maximum absolute atomic E-state index is 15.2. The summed E-state index contributed by atoms with van der Waals surface area (Å²) in [6.45, 7) is 13.0. The largest absolute Gasteiger partial charge is 0.444 e. The Labute approximate surface area is 417 Å². The Balaban J connectivity index is 1.22. The number of aliphatic imine (C=N–C) groups is 2. The van der Waals surface area contributed by atoms with Gasteiger partial charge in [-0.15, -0.1) is 11.6 Å². The molecule has 2 N–H and O–H groups in total. The molecule has 17 nitrogen and oxygen atoms in total. The van der Waals surface area contributed by atoms with Crippen LogP contribution in [0.15, 0.2) is 113 Å². The number of benzene rings is 3. The first-order chi connectivity index (χ1) is 33.5. The second kappa shape index (κ2) is 19.1. The minimum absolute atomic E-state index is 0.0376. The van der Waals surface area contributed by atoms with E-state index in [-0.39, 0.29) is 77.8 Å². The first-order valence-electron chi connectivity index (χ1n) is 23.7. The number of amidine groups is 1. The van der Waals surface area contributed by atoms with Gasteiger partial charge in [0.05, 0.1) is 16.8 Å². The number of nitrogens with zero attached hydrogens (tertiary/aromatic N) is 7. The van der Waals surface area contributed by atoms with Crippen molar-refractivity contribution in [3.05, 3.63) is 136 Å². The van der Waals surface area contributed by atoms with Crippen molar-refractivity contribution >= 4 is 66.6 Å². The number of alkyl halides is 1. The van der Waals surface area contributed by atoms with Crippen molar-refractivity contribution in [3.8, 4) is 0 Å². The van der Waals surface area contributed by atoms with E-state index < -0.39 is 72.2 Å². The fourth-order valence-electron chi connectivity index (χ4n) is 12.5. The average molecular weight is 1010 g/mol. The Bertz CT molecular complexity index is 2690. The Morgan fingerprint density at radius 3 is 2.14 bits per heavy atom. The van der Waals surface area contributed by atoms with Gasteiger partial charge in [0.25, 0.3) is 11.6 Å².